The first-order chi connectivity index (χ1) is 13.1. The van der Waals surface area contributed by atoms with E-state index in [4.69, 9.17) is 4.98 Å². The summed E-state index contributed by atoms with van der Waals surface area (Å²) in [5.41, 5.74) is 6.02. The first-order valence-electron chi connectivity index (χ1n) is 8.85. The van der Waals surface area contributed by atoms with Crippen LogP contribution < -0.4 is 5.32 Å². The lowest BCUT2D eigenvalue weighted by Crippen LogP contribution is -2.19. The van der Waals surface area contributed by atoms with Gasteiger partial charge in [-0.15, -0.1) is 0 Å². The molecule has 0 unspecified atom stereocenters. The number of nitrogens with one attached hydrogen (secondary N) is 1. The largest absolute Gasteiger partial charge is 0.359 e. The number of aryl methyl sites for hydroxylation is 1. The Balaban J connectivity index is 1.74. The van der Waals surface area contributed by atoms with E-state index in [0.717, 1.165) is 39.0 Å². The number of pyridine rings is 1. The highest BCUT2D eigenvalue weighted by molar-refractivity contribution is 5.87. The molecule has 0 spiro atoms. The van der Waals surface area contributed by atoms with Crippen molar-refractivity contribution in [1.29, 1.82) is 0 Å². The first-order valence-corrected chi connectivity index (χ1v) is 8.85. The summed E-state index contributed by atoms with van der Waals surface area (Å²) in [6.45, 7) is 2.08. The molecule has 0 atom stereocenters. The number of nitrogens with zero attached hydrogens (tertiary/aromatic N) is 3. The van der Waals surface area contributed by atoms with Crippen LogP contribution in [-0.2, 0) is 11.2 Å². The van der Waals surface area contributed by atoms with Gasteiger partial charge < -0.3 is 5.32 Å². The molecule has 0 aliphatic carbocycles. The van der Waals surface area contributed by atoms with Gasteiger partial charge >= 0.3 is 0 Å². The van der Waals surface area contributed by atoms with Gasteiger partial charge in [-0.3, -0.25) is 4.79 Å². The predicted octanol–water partition coefficient (Wildman–Crippen LogP) is 3.68. The fraction of sp³-hybridized carbons (Fsp3) is 0.136. The summed E-state index contributed by atoms with van der Waals surface area (Å²) in [7, 11) is 1.65. The number of likely N-dealkylation sites (N-methyl/N-ethyl adjacent to an activating group) is 1. The Hall–Kier alpha value is -3.47. The average Bonchev–Trinajstić information content (AvgIpc) is 3.23. The van der Waals surface area contributed by atoms with Crippen LogP contribution in [0.3, 0.4) is 0 Å². The number of hydrogen-bond donors (Lipinski definition) is 1. The number of carbonyl (C=O) groups excluding carboxylic acids is 1. The molecule has 0 aliphatic heterocycles. The molecule has 5 heteroatoms. The number of hydrogen-bond acceptors (Lipinski definition) is 3. The van der Waals surface area contributed by atoms with Crippen LogP contribution in [0, 0.1) is 6.92 Å². The van der Waals surface area contributed by atoms with E-state index in [1.165, 1.54) is 0 Å². The van der Waals surface area contributed by atoms with Crippen LogP contribution in [0.25, 0.3) is 27.8 Å². The van der Waals surface area contributed by atoms with E-state index >= 15 is 0 Å². The Morgan fingerprint density at radius 3 is 2.78 bits per heavy atom. The second-order valence-electron chi connectivity index (χ2n) is 6.53. The van der Waals surface area contributed by atoms with Crippen molar-refractivity contribution in [1.82, 2.24) is 20.1 Å². The molecular weight excluding hydrogens is 336 g/mol. The maximum Gasteiger partial charge on any atom is 0.224 e. The molecule has 1 N–H and O–H groups in total. The highest BCUT2D eigenvalue weighted by Crippen LogP contribution is 2.26. The van der Waals surface area contributed by atoms with Gasteiger partial charge in [0.25, 0.3) is 0 Å². The molecule has 5 nitrogen and oxygen atoms in total. The lowest BCUT2D eigenvalue weighted by atomic mass is 10.0. The number of benzene rings is 2. The van der Waals surface area contributed by atoms with E-state index in [1.54, 1.807) is 13.2 Å². The molecule has 2 heterocycles. The Labute approximate surface area is 157 Å². The van der Waals surface area contributed by atoms with Crippen LogP contribution in [0.15, 0.2) is 67.0 Å². The third-order valence-corrected chi connectivity index (χ3v) is 4.63. The third-order valence-electron chi connectivity index (χ3n) is 4.63. The SMILES string of the molecule is CNC(=O)Cc1ccc2nc(-c3cccc(-n4cccn4)c3)cc(C)c2c1. The molecule has 27 heavy (non-hydrogen) atoms. The first kappa shape index (κ1) is 17.0. The molecule has 2 aromatic heterocycles. The van der Waals surface area contributed by atoms with Gasteiger partial charge in [-0.05, 0) is 54.4 Å². The molecule has 0 fully saturated rings. The molecule has 0 bridgehead atoms. The lowest BCUT2D eigenvalue weighted by molar-refractivity contribution is -0.119. The van der Waals surface area contributed by atoms with E-state index < -0.39 is 0 Å². The van der Waals surface area contributed by atoms with Gasteiger partial charge in [-0.25, -0.2) is 9.67 Å². The minimum absolute atomic E-state index is 0.00650. The molecule has 0 aliphatic rings. The van der Waals surface area contributed by atoms with Crippen molar-refractivity contribution in [3.63, 3.8) is 0 Å². The van der Waals surface area contributed by atoms with Gasteiger partial charge in [0, 0.05) is 30.4 Å². The molecule has 2 aromatic carbocycles. The maximum absolute atomic E-state index is 11.6. The second-order valence-corrected chi connectivity index (χ2v) is 6.53. The molecular formula is C22H20N4O. The van der Waals surface area contributed by atoms with E-state index in [2.05, 4.69) is 41.6 Å². The maximum atomic E-state index is 11.6. The number of fused-ring (bicyclic) bond motifs is 1. The Bertz CT molecular complexity index is 1120. The van der Waals surface area contributed by atoms with Crippen LogP contribution in [-0.4, -0.2) is 27.7 Å². The summed E-state index contributed by atoms with van der Waals surface area (Å²) in [6.07, 6.45) is 4.06. The van der Waals surface area contributed by atoms with Crippen molar-refractivity contribution >= 4 is 16.8 Å². The molecule has 0 radical (unpaired) electrons. The van der Waals surface area contributed by atoms with Gasteiger partial charge in [0.1, 0.15) is 0 Å². The van der Waals surface area contributed by atoms with Gasteiger partial charge in [0.2, 0.25) is 5.91 Å². The summed E-state index contributed by atoms with van der Waals surface area (Å²) in [6, 6.07) is 18.2. The fourth-order valence-electron chi connectivity index (χ4n) is 3.20. The van der Waals surface area contributed by atoms with E-state index in [9.17, 15) is 4.79 Å². The van der Waals surface area contributed by atoms with Crippen LogP contribution in [0.4, 0.5) is 0 Å². The van der Waals surface area contributed by atoms with Crippen molar-refractivity contribution in [3.05, 3.63) is 78.1 Å². The summed E-state index contributed by atoms with van der Waals surface area (Å²) >= 11 is 0. The molecule has 4 aromatic rings. The predicted molar refractivity (Wildman–Crippen MR) is 107 cm³/mol. The topological polar surface area (TPSA) is 59.8 Å². The Kier molecular flexibility index (Phi) is 4.42. The zero-order chi connectivity index (χ0) is 18.8. The number of rotatable bonds is 4. The molecule has 0 saturated carbocycles. The molecule has 134 valence electrons. The summed E-state index contributed by atoms with van der Waals surface area (Å²) in [5.74, 6) is 0.00650. The lowest BCUT2D eigenvalue weighted by Gasteiger charge is -2.10. The highest BCUT2D eigenvalue weighted by Gasteiger charge is 2.09. The zero-order valence-corrected chi connectivity index (χ0v) is 15.3. The van der Waals surface area contributed by atoms with E-state index in [0.29, 0.717) is 6.42 Å². The van der Waals surface area contributed by atoms with Gasteiger partial charge in [-0.1, -0.05) is 18.2 Å². The van der Waals surface area contributed by atoms with Crippen molar-refractivity contribution < 1.29 is 4.79 Å². The summed E-state index contributed by atoms with van der Waals surface area (Å²) in [4.78, 5) is 16.5. The summed E-state index contributed by atoms with van der Waals surface area (Å²) < 4.78 is 1.84. The third kappa shape index (κ3) is 3.44. The standard InChI is InChI=1S/C22H20N4O/c1-15-11-21(17-5-3-6-18(14-17)26-10-4-9-24-26)25-20-8-7-16(12-19(15)20)13-22(27)23-2/h3-12,14H,13H2,1-2H3,(H,23,27). The van der Waals surface area contributed by atoms with Crippen LogP contribution >= 0.6 is 0 Å². The van der Waals surface area contributed by atoms with Crippen LogP contribution in [0.5, 0.6) is 0 Å². The Morgan fingerprint density at radius 1 is 1.11 bits per heavy atom. The van der Waals surface area contributed by atoms with E-state index in [-0.39, 0.29) is 5.91 Å². The van der Waals surface area contributed by atoms with Crippen molar-refractivity contribution in [2.24, 2.45) is 0 Å². The van der Waals surface area contributed by atoms with Crippen molar-refractivity contribution in [2.45, 2.75) is 13.3 Å². The second kappa shape index (κ2) is 7.03. The minimum Gasteiger partial charge on any atom is -0.359 e. The molecule has 1 amide bonds. The molecule has 0 saturated heterocycles. The van der Waals surface area contributed by atoms with Gasteiger partial charge in [0.05, 0.1) is 23.3 Å². The molecule has 4 rings (SSSR count). The minimum atomic E-state index is 0.00650. The van der Waals surface area contributed by atoms with Gasteiger partial charge in [-0.2, -0.15) is 5.10 Å². The van der Waals surface area contributed by atoms with Crippen LogP contribution in [0.1, 0.15) is 11.1 Å². The highest BCUT2D eigenvalue weighted by atomic mass is 16.1. The quantitative estimate of drug-likeness (QED) is 0.607. The van der Waals surface area contributed by atoms with Crippen molar-refractivity contribution in [2.75, 3.05) is 7.05 Å². The average molecular weight is 356 g/mol. The summed E-state index contributed by atoms with van der Waals surface area (Å²) in [5, 5.41) is 8.03. The van der Waals surface area contributed by atoms with E-state index in [1.807, 2.05) is 41.2 Å². The van der Waals surface area contributed by atoms with Crippen molar-refractivity contribution in [3.8, 4) is 16.9 Å². The zero-order valence-electron chi connectivity index (χ0n) is 15.3. The normalized spacial score (nSPS) is 10.9. The number of amides is 1. The number of aromatic nitrogens is 3. The fourth-order valence-corrected chi connectivity index (χ4v) is 3.20. The monoisotopic (exact) mass is 356 g/mol. The Morgan fingerprint density at radius 2 is 2.00 bits per heavy atom. The smallest absolute Gasteiger partial charge is 0.224 e. The van der Waals surface area contributed by atoms with Crippen LogP contribution in [0.2, 0.25) is 0 Å². The van der Waals surface area contributed by atoms with Gasteiger partial charge in [0.15, 0.2) is 0 Å². The number of carbonyl (C=O) groups is 1.